The van der Waals surface area contributed by atoms with Crippen molar-refractivity contribution in [3.63, 3.8) is 0 Å². The van der Waals surface area contributed by atoms with Crippen LogP contribution in [-0.4, -0.2) is 22.6 Å². The van der Waals surface area contributed by atoms with Crippen molar-refractivity contribution >= 4 is 33.5 Å². The summed E-state index contributed by atoms with van der Waals surface area (Å²) in [5.41, 5.74) is 0.813. The number of halogens is 1. The van der Waals surface area contributed by atoms with Gasteiger partial charge in [-0.05, 0) is 39.0 Å². The summed E-state index contributed by atoms with van der Waals surface area (Å²) < 4.78 is 21.6. The molecular weight excluding hydrogens is 302 g/mol. The summed E-state index contributed by atoms with van der Waals surface area (Å²) in [6.07, 6.45) is 1.59. The predicted molar refractivity (Wildman–Crippen MR) is 76.2 cm³/mol. The fraction of sp³-hybridized carbons (Fsp3) is 0.417. The first-order valence-electron chi connectivity index (χ1n) is 5.14. The van der Waals surface area contributed by atoms with Crippen molar-refractivity contribution in [3.05, 3.63) is 28.2 Å². The molecule has 5 heteroatoms. The van der Waals surface area contributed by atoms with Crippen molar-refractivity contribution < 1.29 is 9.29 Å². The fourth-order valence-electron chi connectivity index (χ4n) is 1.05. The Bertz CT molecular complexity index is 415. The Morgan fingerprint density at radius 3 is 2.59 bits per heavy atom. The zero-order valence-corrected chi connectivity index (χ0v) is 12.8. The molecule has 1 aromatic rings. The Labute approximate surface area is 114 Å². The number of rotatable bonds is 3. The summed E-state index contributed by atoms with van der Waals surface area (Å²) in [5.74, 6) is 0.703. The molecule has 0 aliphatic heterocycles. The van der Waals surface area contributed by atoms with Crippen LogP contribution in [0.1, 0.15) is 26.3 Å². The lowest BCUT2D eigenvalue weighted by molar-refractivity contribution is 0.414. The molecule has 1 unspecified atom stereocenters. The van der Waals surface area contributed by atoms with Crippen LogP contribution in [0.25, 0.3) is 0 Å². The van der Waals surface area contributed by atoms with Gasteiger partial charge in [0.2, 0.25) is 0 Å². The molecular formula is C12H16BrNO2S. The third-order valence-corrected chi connectivity index (χ3v) is 3.84. The van der Waals surface area contributed by atoms with Gasteiger partial charge in [-0.3, -0.25) is 0 Å². The lowest BCUT2D eigenvalue weighted by atomic mass is 10.2. The van der Waals surface area contributed by atoms with Crippen LogP contribution in [0.3, 0.4) is 0 Å². The normalized spacial score (nSPS) is 14.0. The van der Waals surface area contributed by atoms with E-state index >= 15 is 0 Å². The average Bonchev–Trinajstić information content (AvgIpc) is 2.25. The lowest BCUT2D eigenvalue weighted by Gasteiger charge is -2.17. The molecule has 94 valence electrons. The van der Waals surface area contributed by atoms with Crippen molar-refractivity contribution in [1.82, 2.24) is 0 Å². The highest BCUT2D eigenvalue weighted by Gasteiger charge is 2.25. The third-order valence-electron chi connectivity index (χ3n) is 2.01. The van der Waals surface area contributed by atoms with Gasteiger partial charge in [-0.25, -0.2) is 0 Å². The minimum atomic E-state index is -1.25. The zero-order valence-electron chi connectivity index (χ0n) is 10.4. The van der Waals surface area contributed by atoms with E-state index in [1.54, 1.807) is 13.3 Å². The number of ether oxygens (including phenoxy) is 1. The van der Waals surface area contributed by atoms with Gasteiger partial charge in [0, 0.05) is 10.0 Å². The van der Waals surface area contributed by atoms with Crippen LogP contribution in [-0.2, 0) is 11.4 Å². The van der Waals surface area contributed by atoms with Crippen molar-refractivity contribution in [1.29, 1.82) is 0 Å². The van der Waals surface area contributed by atoms with Crippen molar-refractivity contribution in [3.8, 4) is 5.75 Å². The first-order valence-corrected chi connectivity index (χ1v) is 7.04. The van der Waals surface area contributed by atoms with E-state index in [0.717, 1.165) is 10.0 Å². The number of hydrogen-bond acceptors (Lipinski definition) is 3. The quantitative estimate of drug-likeness (QED) is 0.634. The minimum Gasteiger partial charge on any atom is -0.591 e. The summed E-state index contributed by atoms with van der Waals surface area (Å²) in [4.78, 5) is 0. The van der Waals surface area contributed by atoms with Crippen LogP contribution in [0.2, 0.25) is 0 Å². The first-order chi connectivity index (χ1) is 7.84. The van der Waals surface area contributed by atoms with Crippen LogP contribution in [0.5, 0.6) is 5.75 Å². The van der Waals surface area contributed by atoms with Gasteiger partial charge in [0.05, 0.1) is 13.3 Å². The van der Waals surface area contributed by atoms with Gasteiger partial charge in [-0.15, -0.1) is 0 Å². The highest BCUT2D eigenvalue weighted by atomic mass is 79.9. The molecule has 0 radical (unpaired) electrons. The van der Waals surface area contributed by atoms with Crippen LogP contribution < -0.4 is 4.74 Å². The van der Waals surface area contributed by atoms with Gasteiger partial charge in [-0.1, -0.05) is 20.3 Å². The molecule has 0 saturated heterocycles. The molecule has 0 fully saturated rings. The molecule has 0 spiro atoms. The molecule has 1 rings (SSSR count). The summed E-state index contributed by atoms with van der Waals surface area (Å²) in [5, 5.41) is 0. The standard InChI is InChI=1S/C12H16BrNO2S/c1-12(2,3)17(15)14-8-9-5-6-10(13)7-11(9)16-4/h5-8H,1-4H3/b14-8+. The zero-order chi connectivity index (χ0) is 13.1. The second-order valence-corrected chi connectivity index (χ2v) is 7.33. The Morgan fingerprint density at radius 2 is 2.06 bits per heavy atom. The topological polar surface area (TPSA) is 44.6 Å². The van der Waals surface area contributed by atoms with Crippen LogP contribution in [0, 0.1) is 0 Å². The summed E-state index contributed by atoms with van der Waals surface area (Å²) in [6, 6.07) is 5.61. The molecule has 0 amide bonds. The molecule has 0 aliphatic carbocycles. The largest absolute Gasteiger partial charge is 0.591 e. The summed E-state index contributed by atoms with van der Waals surface area (Å²) >= 11 is 2.11. The third kappa shape index (κ3) is 4.33. The molecule has 0 N–H and O–H groups in total. The van der Waals surface area contributed by atoms with Crippen molar-refractivity contribution in [2.24, 2.45) is 4.40 Å². The second-order valence-electron chi connectivity index (χ2n) is 4.48. The summed E-state index contributed by atoms with van der Waals surface area (Å²) in [6.45, 7) is 5.66. The van der Waals surface area contributed by atoms with Crippen molar-refractivity contribution in [2.45, 2.75) is 25.5 Å². The minimum absolute atomic E-state index is 0.348. The Hall–Kier alpha value is -0.520. The molecule has 0 saturated carbocycles. The molecule has 0 aliphatic rings. The van der Waals surface area contributed by atoms with Gasteiger partial charge < -0.3 is 9.29 Å². The molecule has 0 bridgehead atoms. The SMILES string of the molecule is COc1cc(Br)ccc1/C=N/[S+]([O-])C(C)(C)C. The molecule has 17 heavy (non-hydrogen) atoms. The molecule has 0 heterocycles. The van der Waals surface area contributed by atoms with E-state index in [1.165, 1.54) is 0 Å². The lowest BCUT2D eigenvalue weighted by Crippen LogP contribution is -2.25. The Kier molecular flexibility index (Phi) is 5.04. The highest BCUT2D eigenvalue weighted by Crippen LogP contribution is 2.23. The first kappa shape index (κ1) is 14.5. The second kappa shape index (κ2) is 5.89. The van der Waals surface area contributed by atoms with Crippen molar-refractivity contribution in [2.75, 3.05) is 7.11 Å². The number of nitrogens with zero attached hydrogens (tertiary/aromatic N) is 1. The van der Waals surface area contributed by atoms with E-state index in [0.29, 0.717) is 5.75 Å². The summed E-state index contributed by atoms with van der Waals surface area (Å²) in [7, 11) is 1.60. The van der Waals surface area contributed by atoms with Gasteiger partial charge in [0.1, 0.15) is 21.9 Å². The van der Waals surface area contributed by atoms with E-state index in [-0.39, 0.29) is 4.75 Å². The number of methoxy groups -OCH3 is 1. The van der Waals surface area contributed by atoms with Crippen LogP contribution >= 0.6 is 15.9 Å². The van der Waals surface area contributed by atoms with Gasteiger partial charge in [0.15, 0.2) is 0 Å². The molecule has 0 aromatic heterocycles. The maximum atomic E-state index is 11.8. The molecule has 3 nitrogen and oxygen atoms in total. The molecule has 1 aromatic carbocycles. The Balaban J connectivity index is 2.92. The van der Waals surface area contributed by atoms with Gasteiger partial charge in [-0.2, -0.15) is 0 Å². The van der Waals surface area contributed by atoms with E-state index in [1.807, 2.05) is 39.0 Å². The monoisotopic (exact) mass is 317 g/mol. The average molecular weight is 318 g/mol. The predicted octanol–water partition coefficient (Wildman–Crippen LogP) is 3.34. The van der Waals surface area contributed by atoms with Crippen LogP contribution in [0.15, 0.2) is 27.1 Å². The maximum Gasteiger partial charge on any atom is 0.144 e. The van der Waals surface area contributed by atoms with Gasteiger partial charge in [0.25, 0.3) is 0 Å². The number of benzene rings is 1. The smallest absolute Gasteiger partial charge is 0.144 e. The maximum absolute atomic E-state index is 11.8. The molecule has 1 atom stereocenters. The Morgan fingerprint density at radius 1 is 1.41 bits per heavy atom. The van der Waals surface area contributed by atoms with E-state index < -0.39 is 11.4 Å². The van der Waals surface area contributed by atoms with E-state index in [2.05, 4.69) is 20.3 Å². The highest BCUT2D eigenvalue weighted by molar-refractivity contribution is 9.10. The number of hydrogen-bond donors (Lipinski definition) is 0. The van der Waals surface area contributed by atoms with E-state index in [9.17, 15) is 4.55 Å². The van der Waals surface area contributed by atoms with E-state index in [4.69, 9.17) is 4.74 Å². The fourth-order valence-corrected chi connectivity index (χ4v) is 1.92. The van der Waals surface area contributed by atoms with Crippen LogP contribution in [0.4, 0.5) is 0 Å². The van der Waals surface area contributed by atoms with Gasteiger partial charge >= 0.3 is 0 Å².